The summed E-state index contributed by atoms with van der Waals surface area (Å²) in [5.74, 6) is -0.405. The summed E-state index contributed by atoms with van der Waals surface area (Å²) in [6, 6.07) is 12.1. The molecule has 0 radical (unpaired) electrons. The molecule has 0 fully saturated rings. The Balaban J connectivity index is 0.00000312. The molecule has 0 aliphatic carbocycles. The van der Waals surface area contributed by atoms with Gasteiger partial charge in [0.2, 0.25) is 5.91 Å². The van der Waals surface area contributed by atoms with Crippen LogP contribution in [-0.2, 0) is 11.2 Å². The van der Waals surface area contributed by atoms with Gasteiger partial charge < -0.3 is 20.4 Å². The lowest BCUT2D eigenvalue weighted by atomic mass is 10.0. The summed E-state index contributed by atoms with van der Waals surface area (Å²) in [5.41, 5.74) is 0.979. The van der Waals surface area contributed by atoms with E-state index in [4.69, 9.17) is 4.42 Å². The Labute approximate surface area is 153 Å². The number of furan rings is 1. The molecule has 2 rings (SSSR count). The first-order valence-corrected chi connectivity index (χ1v) is 8.01. The Morgan fingerprint density at radius 1 is 1.08 bits per heavy atom. The minimum atomic E-state index is -0.653. The van der Waals surface area contributed by atoms with Crippen molar-refractivity contribution < 1.29 is 14.0 Å². The van der Waals surface area contributed by atoms with E-state index in [1.807, 2.05) is 37.4 Å². The maximum Gasteiger partial charge on any atom is 0.287 e. The first-order valence-electron chi connectivity index (χ1n) is 8.01. The van der Waals surface area contributed by atoms with Crippen molar-refractivity contribution in [2.45, 2.75) is 18.9 Å². The minimum Gasteiger partial charge on any atom is -0.459 e. The van der Waals surface area contributed by atoms with Crippen LogP contribution in [0.25, 0.3) is 0 Å². The van der Waals surface area contributed by atoms with Crippen molar-refractivity contribution >= 4 is 24.2 Å². The van der Waals surface area contributed by atoms with Gasteiger partial charge in [0.25, 0.3) is 5.91 Å². The van der Waals surface area contributed by atoms with E-state index >= 15 is 0 Å². The molecule has 2 amide bonds. The van der Waals surface area contributed by atoms with Gasteiger partial charge in [-0.3, -0.25) is 9.59 Å². The maximum atomic E-state index is 12.4. The second kappa shape index (κ2) is 11.3. The van der Waals surface area contributed by atoms with Crippen LogP contribution in [0, 0.1) is 0 Å². The van der Waals surface area contributed by atoms with Gasteiger partial charge in [-0.15, -0.1) is 12.4 Å². The van der Waals surface area contributed by atoms with Crippen molar-refractivity contribution in [1.82, 2.24) is 16.0 Å². The van der Waals surface area contributed by atoms with Crippen LogP contribution in [0.15, 0.2) is 53.1 Å². The second-order valence-electron chi connectivity index (χ2n) is 5.44. The van der Waals surface area contributed by atoms with Crippen molar-refractivity contribution in [3.8, 4) is 0 Å². The van der Waals surface area contributed by atoms with Crippen molar-refractivity contribution in [2.24, 2.45) is 0 Å². The van der Waals surface area contributed by atoms with Gasteiger partial charge in [0.1, 0.15) is 6.04 Å². The Kier molecular flexibility index (Phi) is 9.36. The number of carbonyl (C=O) groups excluding carboxylic acids is 2. The molecule has 2 aromatic rings. The van der Waals surface area contributed by atoms with E-state index in [9.17, 15) is 9.59 Å². The highest BCUT2D eigenvalue weighted by Gasteiger charge is 2.22. The molecular formula is C18H24ClN3O3. The molecule has 1 aromatic heterocycles. The van der Waals surface area contributed by atoms with Gasteiger partial charge in [-0.25, -0.2) is 0 Å². The van der Waals surface area contributed by atoms with Crippen LogP contribution in [0.1, 0.15) is 22.5 Å². The van der Waals surface area contributed by atoms with Gasteiger partial charge in [-0.1, -0.05) is 30.3 Å². The van der Waals surface area contributed by atoms with Crippen molar-refractivity contribution in [3.05, 3.63) is 60.1 Å². The van der Waals surface area contributed by atoms with Crippen molar-refractivity contribution in [2.75, 3.05) is 20.1 Å². The number of amides is 2. The zero-order valence-electron chi connectivity index (χ0n) is 14.2. The summed E-state index contributed by atoms with van der Waals surface area (Å²) in [5, 5.41) is 8.64. The lowest BCUT2D eigenvalue weighted by Gasteiger charge is -2.18. The van der Waals surface area contributed by atoms with Gasteiger partial charge in [-0.05, 0) is 37.7 Å². The Hall–Kier alpha value is -2.31. The molecule has 25 heavy (non-hydrogen) atoms. The van der Waals surface area contributed by atoms with Crippen molar-refractivity contribution in [3.63, 3.8) is 0 Å². The monoisotopic (exact) mass is 365 g/mol. The predicted octanol–water partition coefficient (Wildman–Crippen LogP) is 1.77. The van der Waals surface area contributed by atoms with Gasteiger partial charge >= 0.3 is 0 Å². The molecule has 0 aliphatic rings. The van der Waals surface area contributed by atoms with E-state index in [0.717, 1.165) is 18.5 Å². The van der Waals surface area contributed by atoms with E-state index in [-0.39, 0.29) is 24.1 Å². The van der Waals surface area contributed by atoms with Crippen LogP contribution in [0.3, 0.4) is 0 Å². The molecule has 0 bridgehead atoms. The van der Waals surface area contributed by atoms with Crippen LogP contribution in [0.4, 0.5) is 0 Å². The summed E-state index contributed by atoms with van der Waals surface area (Å²) in [7, 11) is 1.86. The largest absolute Gasteiger partial charge is 0.459 e. The first-order chi connectivity index (χ1) is 11.7. The fraction of sp³-hybridized carbons (Fsp3) is 0.333. The van der Waals surface area contributed by atoms with Crippen LogP contribution in [0.5, 0.6) is 0 Å². The third kappa shape index (κ3) is 6.99. The second-order valence-corrected chi connectivity index (χ2v) is 5.44. The molecule has 7 heteroatoms. The molecule has 1 aromatic carbocycles. The zero-order valence-corrected chi connectivity index (χ0v) is 15.0. The van der Waals surface area contributed by atoms with Crippen LogP contribution >= 0.6 is 12.4 Å². The summed E-state index contributed by atoms with van der Waals surface area (Å²) < 4.78 is 5.09. The van der Waals surface area contributed by atoms with E-state index in [1.54, 1.807) is 12.1 Å². The highest BCUT2D eigenvalue weighted by molar-refractivity contribution is 5.95. The summed E-state index contributed by atoms with van der Waals surface area (Å²) in [6.45, 7) is 1.38. The van der Waals surface area contributed by atoms with Crippen LogP contribution in [0.2, 0.25) is 0 Å². The fourth-order valence-electron chi connectivity index (χ4n) is 2.30. The van der Waals surface area contributed by atoms with Crippen molar-refractivity contribution in [1.29, 1.82) is 0 Å². The minimum absolute atomic E-state index is 0. The topological polar surface area (TPSA) is 83.4 Å². The predicted molar refractivity (Wildman–Crippen MR) is 98.9 cm³/mol. The van der Waals surface area contributed by atoms with Gasteiger partial charge in [0.15, 0.2) is 5.76 Å². The lowest BCUT2D eigenvalue weighted by molar-refractivity contribution is -0.122. The molecule has 3 N–H and O–H groups in total. The number of benzene rings is 1. The van der Waals surface area contributed by atoms with E-state index in [1.165, 1.54) is 6.26 Å². The Morgan fingerprint density at radius 2 is 1.84 bits per heavy atom. The van der Waals surface area contributed by atoms with Gasteiger partial charge in [0.05, 0.1) is 6.26 Å². The molecule has 0 saturated heterocycles. The van der Waals surface area contributed by atoms with Crippen LogP contribution < -0.4 is 16.0 Å². The zero-order chi connectivity index (χ0) is 17.2. The number of hydrogen-bond acceptors (Lipinski definition) is 4. The molecule has 1 atom stereocenters. The number of nitrogens with one attached hydrogen (secondary N) is 3. The highest BCUT2D eigenvalue weighted by atomic mass is 35.5. The average molecular weight is 366 g/mol. The highest BCUT2D eigenvalue weighted by Crippen LogP contribution is 2.06. The third-order valence-electron chi connectivity index (χ3n) is 3.55. The van der Waals surface area contributed by atoms with E-state index in [2.05, 4.69) is 16.0 Å². The number of carbonyl (C=O) groups is 2. The van der Waals surface area contributed by atoms with Gasteiger partial charge in [-0.2, -0.15) is 0 Å². The molecule has 0 saturated carbocycles. The third-order valence-corrected chi connectivity index (χ3v) is 3.55. The first kappa shape index (κ1) is 20.7. The SMILES string of the molecule is CNCCCNC(=O)C(Cc1ccccc1)NC(=O)c1ccco1.Cl. The number of rotatable bonds is 9. The number of hydrogen-bond donors (Lipinski definition) is 3. The molecule has 1 heterocycles. The molecular weight excluding hydrogens is 342 g/mol. The molecule has 0 spiro atoms. The lowest BCUT2D eigenvalue weighted by Crippen LogP contribution is -2.48. The standard InChI is InChI=1S/C18H23N3O3.ClH/c1-19-10-6-11-20-17(22)15(13-14-7-3-2-4-8-14)21-18(23)16-9-5-12-24-16;/h2-5,7-9,12,15,19H,6,10-11,13H2,1H3,(H,20,22)(H,21,23);1H. The van der Waals surface area contributed by atoms with Crippen LogP contribution in [-0.4, -0.2) is 38.0 Å². The molecule has 1 unspecified atom stereocenters. The fourth-order valence-corrected chi connectivity index (χ4v) is 2.30. The normalized spacial score (nSPS) is 11.2. The quantitative estimate of drug-likeness (QED) is 0.591. The molecule has 6 nitrogen and oxygen atoms in total. The van der Waals surface area contributed by atoms with Gasteiger partial charge in [0, 0.05) is 13.0 Å². The Bertz CT molecular complexity index is 632. The summed E-state index contributed by atoms with van der Waals surface area (Å²) in [6.07, 6.45) is 2.68. The average Bonchev–Trinajstić information content (AvgIpc) is 3.13. The Morgan fingerprint density at radius 3 is 2.48 bits per heavy atom. The summed E-state index contributed by atoms with van der Waals surface area (Å²) in [4.78, 5) is 24.6. The summed E-state index contributed by atoms with van der Waals surface area (Å²) >= 11 is 0. The number of halogens is 1. The van der Waals surface area contributed by atoms with E-state index in [0.29, 0.717) is 13.0 Å². The maximum absolute atomic E-state index is 12.4. The molecule has 136 valence electrons. The van der Waals surface area contributed by atoms with E-state index < -0.39 is 11.9 Å². The molecule has 0 aliphatic heterocycles. The smallest absolute Gasteiger partial charge is 0.287 e.